The number of nitrogens with one attached hydrogen (secondary N) is 1. The van der Waals surface area contributed by atoms with Crippen molar-refractivity contribution in [2.75, 3.05) is 0 Å². The zero-order valence-electron chi connectivity index (χ0n) is 17.8. The summed E-state index contributed by atoms with van der Waals surface area (Å²) in [7, 11) is 0. The number of hydrogen-bond acceptors (Lipinski definition) is 8. The molecule has 11 heteroatoms. The number of benzene rings is 1. The normalized spacial score (nSPS) is 18.8. The SMILES string of the molecule is Cc1nc(C2(NC(=O)C(C)N3C(=O)c4cccc([N+](=O)[O-])c4C3=O)CCCCCC2)no1. The van der Waals surface area contributed by atoms with E-state index in [2.05, 4.69) is 15.5 Å². The first kappa shape index (κ1) is 21.6. The van der Waals surface area contributed by atoms with E-state index >= 15 is 0 Å². The van der Waals surface area contributed by atoms with Crippen molar-refractivity contribution >= 4 is 23.4 Å². The van der Waals surface area contributed by atoms with Crippen molar-refractivity contribution in [2.24, 2.45) is 0 Å². The summed E-state index contributed by atoms with van der Waals surface area (Å²) in [6, 6.07) is 2.67. The van der Waals surface area contributed by atoms with E-state index in [-0.39, 0.29) is 11.1 Å². The molecule has 1 fully saturated rings. The van der Waals surface area contributed by atoms with Crippen LogP contribution in [0.5, 0.6) is 0 Å². The number of imide groups is 1. The van der Waals surface area contributed by atoms with E-state index in [1.165, 1.54) is 19.1 Å². The summed E-state index contributed by atoms with van der Waals surface area (Å²) in [6.45, 7) is 3.09. The smallest absolute Gasteiger partial charge is 0.282 e. The predicted molar refractivity (Wildman–Crippen MR) is 110 cm³/mol. The topological polar surface area (TPSA) is 149 Å². The molecule has 2 aromatic rings. The number of aryl methyl sites for hydroxylation is 1. The molecule has 32 heavy (non-hydrogen) atoms. The van der Waals surface area contributed by atoms with Crippen molar-refractivity contribution in [2.45, 2.75) is 64.0 Å². The molecule has 4 rings (SSSR count). The first-order valence-electron chi connectivity index (χ1n) is 10.5. The number of amides is 3. The molecule has 1 aliphatic heterocycles. The van der Waals surface area contributed by atoms with Crippen LogP contribution < -0.4 is 5.32 Å². The molecule has 1 atom stereocenters. The molecule has 0 saturated heterocycles. The fourth-order valence-electron chi connectivity index (χ4n) is 4.48. The Morgan fingerprint density at radius 3 is 2.50 bits per heavy atom. The maximum absolute atomic E-state index is 13.3. The number of carbonyl (C=O) groups excluding carboxylic acids is 3. The van der Waals surface area contributed by atoms with Gasteiger partial charge >= 0.3 is 0 Å². The van der Waals surface area contributed by atoms with Gasteiger partial charge in [0.1, 0.15) is 17.1 Å². The molecular weight excluding hydrogens is 418 g/mol. The predicted octanol–water partition coefficient (Wildman–Crippen LogP) is 2.64. The van der Waals surface area contributed by atoms with Gasteiger partial charge in [0.05, 0.1) is 10.5 Å². The Hall–Kier alpha value is -3.63. The van der Waals surface area contributed by atoms with Crippen LogP contribution in [0.1, 0.15) is 77.9 Å². The lowest BCUT2D eigenvalue weighted by Crippen LogP contribution is -2.54. The maximum atomic E-state index is 13.3. The summed E-state index contributed by atoms with van der Waals surface area (Å²) in [5.74, 6) is -1.41. The highest BCUT2D eigenvalue weighted by atomic mass is 16.6. The highest BCUT2D eigenvalue weighted by molar-refractivity contribution is 6.24. The van der Waals surface area contributed by atoms with Gasteiger partial charge in [-0.1, -0.05) is 36.9 Å². The second-order valence-electron chi connectivity index (χ2n) is 8.24. The largest absolute Gasteiger partial charge is 0.341 e. The molecule has 0 radical (unpaired) electrons. The molecule has 3 amide bonds. The Kier molecular flexibility index (Phi) is 5.49. The fourth-order valence-corrected chi connectivity index (χ4v) is 4.48. The van der Waals surface area contributed by atoms with E-state index in [1.807, 2.05) is 0 Å². The summed E-state index contributed by atoms with van der Waals surface area (Å²) in [4.78, 5) is 54.9. The number of nitro benzene ring substituents is 1. The first-order valence-corrected chi connectivity index (χ1v) is 10.5. The fraction of sp³-hybridized carbons (Fsp3) is 0.476. The van der Waals surface area contributed by atoms with Crippen LogP contribution in [0.15, 0.2) is 22.7 Å². The van der Waals surface area contributed by atoms with E-state index < -0.39 is 39.9 Å². The van der Waals surface area contributed by atoms with Crippen molar-refractivity contribution in [1.29, 1.82) is 0 Å². The van der Waals surface area contributed by atoms with E-state index in [0.29, 0.717) is 24.6 Å². The van der Waals surface area contributed by atoms with Crippen LogP contribution in [-0.2, 0) is 10.3 Å². The number of nitro groups is 1. The maximum Gasteiger partial charge on any atom is 0.282 e. The van der Waals surface area contributed by atoms with Crippen LogP contribution in [0.3, 0.4) is 0 Å². The van der Waals surface area contributed by atoms with Crippen LogP contribution in [0.25, 0.3) is 0 Å². The van der Waals surface area contributed by atoms with Crippen molar-refractivity contribution in [3.8, 4) is 0 Å². The average Bonchev–Trinajstić information content (AvgIpc) is 3.21. The minimum atomic E-state index is -1.19. The third-order valence-corrected chi connectivity index (χ3v) is 6.16. The average molecular weight is 441 g/mol. The van der Waals surface area contributed by atoms with Gasteiger partial charge in [0.25, 0.3) is 17.5 Å². The molecule has 11 nitrogen and oxygen atoms in total. The highest BCUT2D eigenvalue weighted by Gasteiger charge is 2.47. The van der Waals surface area contributed by atoms with Gasteiger partial charge in [0.2, 0.25) is 11.8 Å². The van der Waals surface area contributed by atoms with Gasteiger partial charge in [-0.3, -0.25) is 29.4 Å². The number of nitrogens with zero attached hydrogens (tertiary/aromatic N) is 4. The molecule has 0 bridgehead atoms. The van der Waals surface area contributed by atoms with Gasteiger partial charge < -0.3 is 9.84 Å². The Balaban J connectivity index is 1.63. The Morgan fingerprint density at radius 1 is 1.22 bits per heavy atom. The lowest BCUT2D eigenvalue weighted by atomic mass is 9.88. The molecule has 1 saturated carbocycles. The summed E-state index contributed by atoms with van der Waals surface area (Å²) in [6.07, 6.45) is 4.90. The highest BCUT2D eigenvalue weighted by Crippen LogP contribution is 2.36. The van der Waals surface area contributed by atoms with Gasteiger partial charge in [-0.15, -0.1) is 0 Å². The monoisotopic (exact) mass is 441 g/mol. The Bertz CT molecular complexity index is 1100. The summed E-state index contributed by atoms with van der Waals surface area (Å²) in [5, 5.41) is 18.4. The van der Waals surface area contributed by atoms with Gasteiger partial charge in [-0.25, -0.2) is 0 Å². The lowest BCUT2D eigenvalue weighted by molar-refractivity contribution is -0.385. The third kappa shape index (κ3) is 3.53. The van der Waals surface area contributed by atoms with E-state index in [0.717, 1.165) is 36.6 Å². The van der Waals surface area contributed by atoms with Gasteiger partial charge in [0.15, 0.2) is 5.82 Å². The molecular formula is C21H23N5O6. The lowest BCUT2D eigenvalue weighted by Gasteiger charge is -2.33. The number of rotatable bonds is 5. The van der Waals surface area contributed by atoms with Crippen LogP contribution in [0, 0.1) is 17.0 Å². The van der Waals surface area contributed by atoms with Gasteiger partial charge in [-0.2, -0.15) is 4.98 Å². The Labute approximate surface area is 183 Å². The molecule has 1 aromatic carbocycles. The van der Waals surface area contributed by atoms with Crippen molar-refractivity contribution in [3.63, 3.8) is 0 Å². The number of aromatic nitrogens is 2. The number of hydrogen-bond donors (Lipinski definition) is 1. The molecule has 2 aliphatic rings. The third-order valence-electron chi connectivity index (χ3n) is 6.16. The zero-order chi connectivity index (χ0) is 23.0. The quantitative estimate of drug-likeness (QED) is 0.322. The van der Waals surface area contributed by atoms with Crippen molar-refractivity contribution < 1.29 is 23.8 Å². The first-order chi connectivity index (χ1) is 15.2. The molecule has 1 N–H and O–H groups in total. The summed E-state index contributed by atoms with van der Waals surface area (Å²) in [5.41, 5.74) is -1.70. The standard InChI is InChI=1S/C21H23N5O6/c1-12(25-18(28)14-8-7-9-15(26(30)31)16(14)19(25)29)17(27)23-21(10-5-3-4-6-11-21)20-22-13(2)32-24-20/h7-9,12H,3-6,10-11H2,1-2H3,(H,23,27). The number of fused-ring (bicyclic) bond motifs is 1. The minimum absolute atomic E-state index is 0.0816. The molecule has 168 valence electrons. The van der Waals surface area contributed by atoms with Crippen LogP contribution in [0.4, 0.5) is 5.69 Å². The second kappa shape index (κ2) is 8.13. The van der Waals surface area contributed by atoms with E-state index in [1.54, 1.807) is 6.92 Å². The van der Waals surface area contributed by atoms with Gasteiger partial charge in [-0.05, 0) is 25.8 Å². The van der Waals surface area contributed by atoms with E-state index in [4.69, 9.17) is 4.52 Å². The second-order valence-corrected chi connectivity index (χ2v) is 8.24. The van der Waals surface area contributed by atoms with E-state index in [9.17, 15) is 24.5 Å². The molecule has 1 unspecified atom stereocenters. The molecule has 1 aliphatic carbocycles. The van der Waals surface area contributed by atoms with Crippen LogP contribution >= 0.6 is 0 Å². The molecule has 1 aromatic heterocycles. The van der Waals surface area contributed by atoms with Gasteiger partial charge in [0, 0.05) is 13.0 Å². The summed E-state index contributed by atoms with van der Waals surface area (Å²) < 4.78 is 5.14. The summed E-state index contributed by atoms with van der Waals surface area (Å²) >= 11 is 0. The van der Waals surface area contributed by atoms with Crippen LogP contribution in [0.2, 0.25) is 0 Å². The number of carbonyl (C=O) groups is 3. The Morgan fingerprint density at radius 2 is 1.91 bits per heavy atom. The van der Waals surface area contributed by atoms with Crippen LogP contribution in [-0.4, -0.2) is 43.7 Å². The molecule has 0 spiro atoms. The minimum Gasteiger partial charge on any atom is -0.341 e. The van der Waals surface area contributed by atoms with Crippen molar-refractivity contribution in [1.82, 2.24) is 20.4 Å². The molecule has 2 heterocycles. The van der Waals surface area contributed by atoms with Crippen molar-refractivity contribution in [3.05, 3.63) is 51.2 Å². The zero-order valence-corrected chi connectivity index (χ0v) is 17.8.